The molecule has 2 N–H and O–H groups in total. The zero-order valence-electron chi connectivity index (χ0n) is 8.23. The van der Waals surface area contributed by atoms with Gasteiger partial charge in [0.1, 0.15) is 5.69 Å². The number of aromatic carboxylic acids is 1. The van der Waals surface area contributed by atoms with Gasteiger partial charge in [-0.2, -0.15) is 0 Å². The molecular formula is C10H11F2NO2. The van der Waals surface area contributed by atoms with Crippen LogP contribution in [0.25, 0.3) is 0 Å². The van der Waals surface area contributed by atoms with Crippen molar-refractivity contribution in [3.8, 4) is 0 Å². The smallest absolute Gasteiger partial charge is 0.352 e. The Morgan fingerprint density at radius 1 is 1.53 bits per heavy atom. The highest BCUT2D eigenvalue weighted by Gasteiger charge is 2.41. The Bertz CT molecular complexity index is 423. The third kappa shape index (κ3) is 1.52. The van der Waals surface area contributed by atoms with Gasteiger partial charge < -0.3 is 10.1 Å². The number of nitrogens with one attached hydrogen (secondary N) is 1. The Morgan fingerprint density at radius 3 is 2.73 bits per heavy atom. The van der Waals surface area contributed by atoms with Crippen molar-refractivity contribution in [3.63, 3.8) is 0 Å². The largest absolute Gasteiger partial charge is 0.477 e. The lowest BCUT2D eigenvalue weighted by atomic mass is 10.1. The molecule has 5 heteroatoms. The van der Waals surface area contributed by atoms with Crippen LogP contribution in [0.2, 0.25) is 0 Å². The fourth-order valence-electron chi connectivity index (χ4n) is 2.15. The predicted molar refractivity (Wildman–Crippen MR) is 49.5 cm³/mol. The van der Waals surface area contributed by atoms with E-state index in [0.717, 1.165) is 0 Å². The molecule has 0 radical (unpaired) electrons. The molecule has 1 aliphatic rings. The molecule has 0 unspecified atom stereocenters. The van der Waals surface area contributed by atoms with E-state index in [-0.39, 0.29) is 18.5 Å². The van der Waals surface area contributed by atoms with E-state index in [9.17, 15) is 13.6 Å². The van der Waals surface area contributed by atoms with Gasteiger partial charge in [0.2, 0.25) is 0 Å². The summed E-state index contributed by atoms with van der Waals surface area (Å²) in [5, 5.41) is 8.87. The van der Waals surface area contributed by atoms with Crippen molar-refractivity contribution in [2.45, 2.75) is 32.1 Å². The van der Waals surface area contributed by atoms with E-state index in [2.05, 4.69) is 4.98 Å². The molecule has 0 amide bonds. The number of H-pyrrole nitrogens is 1. The van der Waals surface area contributed by atoms with Gasteiger partial charge in [0.15, 0.2) is 0 Å². The minimum Gasteiger partial charge on any atom is -0.477 e. The van der Waals surface area contributed by atoms with Gasteiger partial charge >= 0.3 is 5.97 Å². The number of alkyl halides is 2. The molecule has 1 aliphatic carbocycles. The molecular weight excluding hydrogens is 204 g/mol. The second-order valence-corrected chi connectivity index (χ2v) is 3.80. The normalized spacial score (nSPS) is 17.8. The third-order valence-corrected chi connectivity index (χ3v) is 2.74. The van der Waals surface area contributed by atoms with Crippen LogP contribution in [0.4, 0.5) is 8.78 Å². The van der Waals surface area contributed by atoms with Gasteiger partial charge in [-0.05, 0) is 17.5 Å². The van der Waals surface area contributed by atoms with Gasteiger partial charge in [-0.3, -0.25) is 0 Å². The first kappa shape index (κ1) is 10.1. The predicted octanol–water partition coefficient (Wildman–Crippen LogP) is 2.01. The van der Waals surface area contributed by atoms with Crippen molar-refractivity contribution >= 4 is 5.97 Å². The lowest BCUT2D eigenvalue weighted by Gasteiger charge is -2.07. The second kappa shape index (κ2) is 3.05. The maximum Gasteiger partial charge on any atom is 0.352 e. The average molecular weight is 215 g/mol. The van der Waals surface area contributed by atoms with Gasteiger partial charge in [-0.1, -0.05) is 6.92 Å². The summed E-state index contributed by atoms with van der Waals surface area (Å²) in [5.41, 5.74) is 1.47. The number of carbonyl (C=O) groups is 1. The molecule has 0 bridgehead atoms. The maximum atomic E-state index is 13.1. The van der Waals surface area contributed by atoms with E-state index in [1.807, 2.05) is 0 Å². The fourth-order valence-corrected chi connectivity index (χ4v) is 2.15. The summed E-state index contributed by atoms with van der Waals surface area (Å²) < 4.78 is 26.1. The van der Waals surface area contributed by atoms with Gasteiger partial charge in [0.05, 0.1) is 6.42 Å². The molecule has 0 fully saturated rings. The fraction of sp³-hybridized carbons (Fsp3) is 0.500. The zero-order chi connectivity index (χ0) is 11.2. The van der Waals surface area contributed by atoms with Gasteiger partial charge in [-0.25, -0.2) is 13.6 Å². The van der Waals surface area contributed by atoms with Crippen LogP contribution >= 0.6 is 0 Å². The van der Waals surface area contributed by atoms with Gasteiger partial charge in [0.25, 0.3) is 5.92 Å². The summed E-state index contributed by atoms with van der Waals surface area (Å²) >= 11 is 0. The first-order valence-electron chi connectivity index (χ1n) is 4.78. The molecule has 15 heavy (non-hydrogen) atoms. The van der Waals surface area contributed by atoms with Crippen molar-refractivity contribution in [2.24, 2.45) is 0 Å². The number of aromatic nitrogens is 1. The summed E-state index contributed by atoms with van der Waals surface area (Å²) in [7, 11) is 0. The van der Waals surface area contributed by atoms with E-state index < -0.39 is 11.9 Å². The van der Waals surface area contributed by atoms with Crippen molar-refractivity contribution < 1.29 is 18.7 Å². The van der Waals surface area contributed by atoms with Crippen molar-refractivity contribution in [1.82, 2.24) is 4.98 Å². The van der Waals surface area contributed by atoms with Crippen LogP contribution < -0.4 is 0 Å². The highest BCUT2D eigenvalue weighted by molar-refractivity contribution is 5.88. The van der Waals surface area contributed by atoms with Crippen LogP contribution in [0.1, 0.15) is 34.2 Å². The quantitative estimate of drug-likeness (QED) is 0.792. The Kier molecular flexibility index (Phi) is 2.06. The van der Waals surface area contributed by atoms with Crippen LogP contribution in [-0.4, -0.2) is 22.0 Å². The lowest BCUT2D eigenvalue weighted by Crippen LogP contribution is -2.17. The molecule has 0 aromatic carbocycles. The summed E-state index contributed by atoms with van der Waals surface area (Å²) in [5.74, 6) is -3.80. The van der Waals surface area contributed by atoms with E-state index in [1.54, 1.807) is 6.92 Å². The SMILES string of the molecule is CCc1c(C(=O)O)[nH]c2c1CC(F)(F)C2. The molecule has 0 saturated heterocycles. The second-order valence-electron chi connectivity index (χ2n) is 3.80. The van der Waals surface area contributed by atoms with Gasteiger partial charge in [0, 0.05) is 12.1 Å². The molecule has 0 aliphatic heterocycles. The molecule has 1 heterocycles. The van der Waals surface area contributed by atoms with Gasteiger partial charge in [-0.15, -0.1) is 0 Å². The van der Waals surface area contributed by atoms with Crippen LogP contribution in [0.3, 0.4) is 0 Å². The molecule has 3 nitrogen and oxygen atoms in total. The summed E-state index contributed by atoms with van der Waals surface area (Å²) in [6.45, 7) is 1.77. The number of fused-ring (bicyclic) bond motifs is 1. The third-order valence-electron chi connectivity index (χ3n) is 2.74. The first-order valence-corrected chi connectivity index (χ1v) is 4.78. The number of aromatic amines is 1. The number of carboxylic acids is 1. The minimum absolute atomic E-state index is 0.0676. The van der Waals surface area contributed by atoms with E-state index >= 15 is 0 Å². The molecule has 1 aromatic rings. The van der Waals surface area contributed by atoms with Crippen LogP contribution in [0.15, 0.2) is 0 Å². The standard InChI is InChI=1S/C10H11F2NO2/c1-2-5-6-3-10(11,12)4-7(6)13-8(5)9(14)15/h13H,2-4H2,1H3,(H,14,15). The highest BCUT2D eigenvalue weighted by Crippen LogP contribution is 2.37. The average Bonchev–Trinajstić information content (AvgIpc) is 2.55. The van der Waals surface area contributed by atoms with Crippen molar-refractivity contribution in [2.75, 3.05) is 0 Å². The maximum absolute atomic E-state index is 13.1. The van der Waals surface area contributed by atoms with Crippen LogP contribution in [0.5, 0.6) is 0 Å². The molecule has 1 aromatic heterocycles. The Labute approximate surface area is 85.1 Å². The highest BCUT2D eigenvalue weighted by atomic mass is 19.3. The number of hydrogen-bond acceptors (Lipinski definition) is 1. The molecule has 2 rings (SSSR count). The monoisotopic (exact) mass is 215 g/mol. The summed E-state index contributed by atoms with van der Waals surface area (Å²) in [6.07, 6.45) is -0.249. The number of rotatable bonds is 2. The topological polar surface area (TPSA) is 53.1 Å². The Morgan fingerprint density at radius 2 is 2.20 bits per heavy atom. The molecule has 82 valence electrons. The van der Waals surface area contributed by atoms with E-state index in [0.29, 0.717) is 23.2 Å². The lowest BCUT2D eigenvalue weighted by molar-refractivity contribution is 0.0120. The number of halogens is 2. The number of carboxylic acid groups (broad SMARTS) is 1. The Hall–Kier alpha value is -1.39. The zero-order valence-corrected chi connectivity index (χ0v) is 8.23. The van der Waals surface area contributed by atoms with Crippen LogP contribution in [0, 0.1) is 0 Å². The summed E-state index contributed by atoms with van der Waals surface area (Å²) in [4.78, 5) is 13.4. The van der Waals surface area contributed by atoms with Crippen molar-refractivity contribution in [1.29, 1.82) is 0 Å². The number of hydrogen-bond donors (Lipinski definition) is 2. The van der Waals surface area contributed by atoms with Crippen molar-refractivity contribution in [3.05, 3.63) is 22.5 Å². The summed E-state index contributed by atoms with van der Waals surface area (Å²) in [6, 6.07) is 0. The molecule has 0 saturated carbocycles. The van der Waals surface area contributed by atoms with E-state index in [1.165, 1.54) is 0 Å². The molecule has 0 spiro atoms. The van der Waals surface area contributed by atoms with Crippen LogP contribution in [-0.2, 0) is 19.3 Å². The van der Waals surface area contributed by atoms with E-state index in [4.69, 9.17) is 5.11 Å². The molecule has 0 atom stereocenters. The Balaban J connectivity index is 2.49. The minimum atomic E-state index is -2.72. The first-order chi connectivity index (χ1) is 6.94.